The molecule has 0 aliphatic carbocycles. The number of hydrogen-bond acceptors (Lipinski definition) is 0. The highest BCUT2D eigenvalue weighted by Crippen LogP contribution is 2.11. The van der Waals surface area contributed by atoms with E-state index in [1.54, 1.807) is 0 Å². The van der Waals surface area contributed by atoms with Crippen LogP contribution in [0.4, 0.5) is 0 Å². The first-order chi connectivity index (χ1) is 5.66. The van der Waals surface area contributed by atoms with Gasteiger partial charge in [-0.3, -0.25) is 0 Å². The molecule has 0 aliphatic heterocycles. The van der Waals surface area contributed by atoms with E-state index in [-0.39, 0.29) is 10.8 Å². The zero-order valence-electron chi connectivity index (χ0n) is 7.89. The second kappa shape index (κ2) is 7.94. The van der Waals surface area contributed by atoms with E-state index in [1.165, 1.54) is 19.3 Å². The molecule has 0 heterocycles. The maximum Gasteiger partial charge on any atom is 0.0516 e. The quantitative estimate of drug-likeness (QED) is 0.346. The molecule has 0 aromatic heterocycles. The Morgan fingerprint density at radius 1 is 1.17 bits per heavy atom. The van der Waals surface area contributed by atoms with E-state index in [0.29, 0.717) is 0 Å². The third kappa shape index (κ3) is 8.42. The van der Waals surface area contributed by atoms with Gasteiger partial charge in [0.15, 0.2) is 0 Å². The lowest BCUT2D eigenvalue weighted by atomic mass is 10.1. The van der Waals surface area contributed by atoms with Gasteiger partial charge in [0.25, 0.3) is 0 Å². The molecule has 0 nitrogen and oxygen atoms in total. The number of hydrogen-bond donors (Lipinski definition) is 0. The Kier molecular flexibility index (Phi) is 8.15. The van der Waals surface area contributed by atoms with Gasteiger partial charge in [0, 0.05) is 5.38 Å². The molecule has 0 radical (unpaired) electrons. The van der Waals surface area contributed by atoms with E-state index < -0.39 is 0 Å². The Morgan fingerprint density at radius 2 is 1.83 bits per heavy atom. The molecule has 72 valence electrons. The molecule has 0 rings (SSSR count). The van der Waals surface area contributed by atoms with E-state index in [4.69, 9.17) is 23.2 Å². The minimum Gasteiger partial charge on any atom is -0.119 e. The van der Waals surface area contributed by atoms with Crippen molar-refractivity contribution in [2.24, 2.45) is 0 Å². The lowest BCUT2D eigenvalue weighted by Gasteiger charge is -2.02. The topological polar surface area (TPSA) is 0 Å². The highest BCUT2D eigenvalue weighted by Gasteiger charge is 1.98. The molecule has 0 aliphatic rings. The highest BCUT2D eigenvalue weighted by atomic mass is 35.5. The van der Waals surface area contributed by atoms with Gasteiger partial charge in [-0.25, -0.2) is 0 Å². The molecule has 0 aromatic rings. The maximum absolute atomic E-state index is 6.02. The summed E-state index contributed by atoms with van der Waals surface area (Å²) in [5, 5.41) is 0.259. The van der Waals surface area contributed by atoms with Gasteiger partial charge in [-0.2, -0.15) is 0 Å². The fraction of sp³-hybridized carbons (Fsp3) is 0.800. The lowest BCUT2D eigenvalue weighted by Crippen LogP contribution is -1.94. The van der Waals surface area contributed by atoms with Crippen molar-refractivity contribution in [2.75, 3.05) is 0 Å². The van der Waals surface area contributed by atoms with Gasteiger partial charge in [-0.15, -0.1) is 23.2 Å². The first-order valence-electron chi connectivity index (χ1n) is 4.63. The molecular weight excluding hydrogens is 191 g/mol. The minimum absolute atomic E-state index is 0.0948. The average Bonchev–Trinajstić information content (AvgIpc) is 2.01. The molecule has 0 spiro atoms. The first-order valence-corrected chi connectivity index (χ1v) is 5.50. The van der Waals surface area contributed by atoms with E-state index in [1.807, 2.05) is 19.1 Å². The molecule has 12 heavy (non-hydrogen) atoms. The van der Waals surface area contributed by atoms with E-state index in [2.05, 4.69) is 6.92 Å². The van der Waals surface area contributed by atoms with Crippen LogP contribution in [-0.2, 0) is 0 Å². The zero-order chi connectivity index (χ0) is 9.40. The van der Waals surface area contributed by atoms with Crippen molar-refractivity contribution in [1.82, 2.24) is 0 Å². The highest BCUT2D eigenvalue weighted by molar-refractivity contribution is 6.22. The monoisotopic (exact) mass is 208 g/mol. The SMILES string of the molecule is CCCCCC(Cl)C=CC(C)Cl. The van der Waals surface area contributed by atoms with Crippen molar-refractivity contribution in [3.63, 3.8) is 0 Å². The van der Waals surface area contributed by atoms with Crippen molar-refractivity contribution >= 4 is 23.2 Å². The van der Waals surface area contributed by atoms with Crippen molar-refractivity contribution < 1.29 is 0 Å². The van der Waals surface area contributed by atoms with Crippen LogP contribution in [0.2, 0.25) is 0 Å². The molecule has 0 aromatic carbocycles. The van der Waals surface area contributed by atoms with Crippen LogP contribution in [0.3, 0.4) is 0 Å². The van der Waals surface area contributed by atoms with E-state index in [9.17, 15) is 0 Å². The van der Waals surface area contributed by atoms with Crippen LogP contribution in [0.25, 0.3) is 0 Å². The Bertz CT molecular complexity index is 119. The van der Waals surface area contributed by atoms with Gasteiger partial charge in [0.1, 0.15) is 0 Å². The number of unbranched alkanes of at least 4 members (excludes halogenated alkanes) is 2. The Hall–Kier alpha value is 0.320. The van der Waals surface area contributed by atoms with Crippen LogP contribution in [0.15, 0.2) is 12.2 Å². The molecule has 0 N–H and O–H groups in total. The smallest absolute Gasteiger partial charge is 0.0516 e. The summed E-state index contributed by atoms with van der Waals surface area (Å²) in [6.45, 7) is 4.13. The summed E-state index contributed by atoms with van der Waals surface area (Å²) in [6, 6.07) is 0. The summed E-state index contributed by atoms with van der Waals surface area (Å²) in [5.41, 5.74) is 0. The average molecular weight is 209 g/mol. The maximum atomic E-state index is 6.02. The summed E-state index contributed by atoms with van der Waals surface area (Å²) in [4.78, 5) is 0. The second-order valence-corrected chi connectivity index (χ2v) is 4.32. The molecule has 2 heteroatoms. The molecule has 0 saturated heterocycles. The number of rotatable bonds is 6. The van der Waals surface area contributed by atoms with Crippen molar-refractivity contribution in [2.45, 2.75) is 50.3 Å². The zero-order valence-corrected chi connectivity index (χ0v) is 9.41. The predicted molar refractivity (Wildman–Crippen MR) is 58.2 cm³/mol. The van der Waals surface area contributed by atoms with Gasteiger partial charge in [0.2, 0.25) is 0 Å². The third-order valence-electron chi connectivity index (χ3n) is 1.67. The second-order valence-electron chi connectivity index (χ2n) is 3.07. The fourth-order valence-electron chi connectivity index (χ4n) is 0.959. The van der Waals surface area contributed by atoms with Gasteiger partial charge in [-0.1, -0.05) is 38.3 Å². The van der Waals surface area contributed by atoms with Gasteiger partial charge in [0.05, 0.1) is 5.38 Å². The Labute approximate surface area is 85.9 Å². The van der Waals surface area contributed by atoms with Crippen LogP contribution < -0.4 is 0 Å². The van der Waals surface area contributed by atoms with Gasteiger partial charge >= 0.3 is 0 Å². The normalized spacial score (nSPS) is 16.7. The molecule has 0 fully saturated rings. The Balaban J connectivity index is 3.38. The largest absolute Gasteiger partial charge is 0.119 e. The van der Waals surface area contributed by atoms with Gasteiger partial charge < -0.3 is 0 Å². The Morgan fingerprint density at radius 3 is 2.33 bits per heavy atom. The van der Waals surface area contributed by atoms with E-state index in [0.717, 1.165) is 6.42 Å². The van der Waals surface area contributed by atoms with Crippen LogP contribution in [0.1, 0.15) is 39.5 Å². The summed E-state index contributed by atoms with van der Waals surface area (Å²) >= 11 is 11.8. The van der Waals surface area contributed by atoms with Crippen LogP contribution in [0, 0.1) is 0 Å². The van der Waals surface area contributed by atoms with E-state index >= 15 is 0 Å². The third-order valence-corrected chi connectivity index (χ3v) is 2.18. The minimum atomic E-state index is 0.0948. The van der Waals surface area contributed by atoms with Crippen LogP contribution >= 0.6 is 23.2 Å². The standard InChI is InChI=1S/C10H18Cl2/c1-3-4-5-6-10(12)8-7-9(2)11/h7-10H,3-6H2,1-2H3. The predicted octanol–water partition coefficient (Wildman–Crippen LogP) is 4.36. The lowest BCUT2D eigenvalue weighted by molar-refractivity contribution is 0.677. The summed E-state index contributed by atoms with van der Waals surface area (Å²) in [5.74, 6) is 0. The molecule has 0 saturated carbocycles. The molecule has 0 amide bonds. The van der Waals surface area contributed by atoms with Crippen molar-refractivity contribution in [3.8, 4) is 0 Å². The van der Waals surface area contributed by atoms with Gasteiger partial charge in [-0.05, 0) is 13.3 Å². The molecule has 0 bridgehead atoms. The number of halogens is 2. The summed E-state index contributed by atoms with van der Waals surface area (Å²) in [7, 11) is 0. The molecule has 2 unspecified atom stereocenters. The number of allylic oxidation sites excluding steroid dienone is 2. The van der Waals surface area contributed by atoms with Crippen molar-refractivity contribution in [1.29, 1.82) is 0 Å². The first kappa shape index (κ1) is 12.3. The van der Waals surface area contributed by atoms with Crippen molar-refractivity contribution in [3.05, 3.63) is 12.2 Å². The molecule has 2 atom stereocenters. The summed E-state index contributed by atoms with van der Waals surface area (Å²) in [6.07, 6.45) is 8.74. The molecular formula is C10H18Cl2. The summed E-state index contributed by atoms with van der Waals surface area (Å²) < 4.78 is 0. The van der Waals surface area contributed by atoms with Crippen LogP contribution in [-0.4, -0.2) is 10.8 Å². The number of alkyl halides is 2. The van der Waals surface area contributed by atoms with Crippen LogP contribution in [0.5, 0.6) is 0 Å². The fourth-order valence-corrected chi connectivity index (χ4v) is 1.28.